The first-order valence-corrected chi connectivity index (χ1v) is 26.2. The summed E-state index contributed by atoms with van der Waals surface area (Å²) in [5.74, 6) is 7.22. The van der Waals surface area contributed by atoms with Crippen molar-refractivity contribution in [2.45, 2.75) is 6.92 Å². The number of aryl methyl sites for hydroxylation is 8. The van der Waals surface area contributed by atoms with Crippen LogP contribution in [0.5, 0.6) is 0 Å². The second-order valence-corrected chi connectivity index (χ2v) is 19.7. The van der Waals surface area contributed by atoms with Crippen molar-refractivity contribution in [1.29, 1.82) is 0 Å². The van der Waals surface area contributed by atoms with E-state index in [9.17, 15) is 0 Å². The van der Waals surface area contributed by atoms with E-state index in [0.29, 0.717) is 0 Å². The zero-order valence-corrected chi connectivity index (χ0v) is 48.1. The van der Waals surface area contributed by atoms with Gasteiger partial charge in [0.05, 0.1) is 30.3 Å². The van der Waals surface area contributed by atoms with E-state index in [1.165, 1.54) is 0 Å². The molecule has 0 bridgehead atoms. The Morgan fingerprint density at radius 2 is 0.877 bits per heavy atom. The first-order chi connectivity index (χ1) is 39.1. The number of imidazole rings is 3. The van der Waals surface area contributed by atoms with Gasteiger partial charge in [0.25, 0.3) is 0 Å². The molecule has 0 spiro atoms. The number of benzene rings is 1. The van der Waals surface area contributed by atoms with Gasteiger partial charge in [0.15, 0.2) is 38.3 Å². The van der Waals surface area contributed by atoms with Crippen LogP contribution in [0.4, 0.5) is 0 Å². The van der Waals surface area contributed by atoms with E-state index in [0.717, 1.165) is 103 Å². The van der Waals surface area contributed by atoms with Crippen LogP contribution in [0.15, 0.2) is 202 Å². The molecule has 0 aliphatic carbocycles. The van der Waals surface area contributed by atoms with Gasteiger partial charge < -0.3 is 31.4 Å². The van der Waals surface area contributed by atoms with Crippen LogP contribution in [0.25, 0.3) is 97.6 Å². The van der Waals surface area contributed by atoms with Crippen LogP contribution in [0.3, 0.4) is 0 Å². The Labute approximate surface area is 469 Å². The number of hydrogen-bond donors (Lipinski definition) is 0. The summed E-state index contributed by atoms with van der Waals surface area (Å²) in [6.45, 7) is 2.00. The molecule has 0 N–H and O–H groups in total. The Morgan fingerprint density at radius 3 is 1.31 bits per heavy atom. The molecule has 0 amide bonds. The average Bonchev–Trinajstić information content (AvgIpc) is 4.49. The van der Waals surface area contributed by atoms with Gasteiger partial charge in [0.2, 0.25) is 65.4 Å². The van der Waals surface area contributed by atoms with E-state index >= 15 is 0 Å². The van der Waals surface area contributed by atoms with Crippen LogP contribution in [0.1, 0.15) is 5.82 Å². The lowest BCUT2D eigenvalue weighted by Gasteiger charge is -2.03. The van der Waals surface area contributed by atoms with Crippen LogP contribution < -0.4 is 41.2 Å². The molecule has 81 heavy (non-hydrogen) atoms. The average molecular weight is 1090 g/mol. The van der Waals surface area contributed by atoms with Gasteiger partial charge in [0.1, 0.15) is 60.9 Å². The molecule has 13 rings (SSSR count). The molecule has 20 nitrogen and oxygen atoms in total. The maximum Gasteiger partial charge on any atom is 0.446 e. The van der Waals surface area contributed by atoms with Gasteiger partial charge in [-0.1, -0.05) is 12.1 Å². The third-order valence-electron chi connectivity index (χ3n) is 14.6. The van der Waals surface area contributed by atoms with E-state index in [2.05, 4.69) is 72.4 Å². The first kappa shape index (κ1) is 54.1. The van der Waals surface area contributed by atoms with Crippen LogP contribution >= 0.6 is 0 Å². The standard InChI is InChI=1S/C18H18N4O.C15H18N4O.C14H17N4O.C14H16N4O/c1-20-11-12-23-18(20)16-10-6-9-15(21(16)2)17-19-13-7-4-5-8-14(13)22(17)3;1-11-16-10-14(18(11)3)12-6-5-7-13(19(12)4)15-17(2)8-9-20-15;1-15-10-11-19-14(15)12-6-4-7-13(17(12)3)18-9-5-8-16(18)2;1-16-8-7-15-13(16)11-5-4-6-12(18(11)3)14-17(2)9-10-19-14/h4-12H,1-3H3;5-10H,1-4H3;4-11H,1-3H3;4-10H,1-3H3/q2*+2;+3;+2. The Morgan fingerprint density at radius 1 is 0.420 bits per heavy atom. The molecular weight excluding hydrogens is 1020 g/mol. The van der Waals surface area contributed by atoms with Crippen LogP contribution in [-0.2, 0) is 84.6 Å². The fraction of sp³-hybridized carbons (Fsp3) is 0.213. The van der Waals surface area contributed by atoms with E-state index < -0.39 is 0 Å². The molecule has 0 aliphatic heterocycles. The lowest BCUT2D eigenvalue weighted by Crippen LogP contribution is -2.46. The number of aromatic nitrogens is 16. The number of rotatable bonds is 8. The number of para-hydroxylation sites is 2. The van der Waals surface area contributed by atoms with Crippen molar-refractivity contribution in [2.24, 2.45) is 84.6 Å². The van der Waals surface area contributed by atoms with E-state index in [-0.39, 0.29) is 0 Å². The normalized spacial score (nSPS) is 11.0. The fourth-order valence-corrected chi connectivity index (χ4v) is 9.82. The monoisotopic (exact) mass is 1090 g/mol. The summed E-state index contributed by atoms with van der Waals surface area (Å²) in [5, 5.41) is 0. The number of nitrogens with zero attached hydrogens (tertiary/aromatic N) is 16. The predicted molar refractivity (Wildman–Crippen MR) is 295 cm³/mol. The molecule has 408 valence electrons. The minimum atomic E-state index is 0.813. The highest BCUT2D eigenvalue weighted by Gasteiger charge is 2.31. The molecule has 13 aromatic rings. The van der Waals surface area contributed by atoms with Gasteiger partial charge in [-0.25, -0.2) is 19.5 Å². The number of pyridine rings is 4. The highest BCUT2D eigenvalue weighted by Crippen LogP contribution is 2.24. The Kier molecular flexibility index (Phi) is 15.4. The van der Waals surface area contributed by atoms with Crippen molar-refractivity contribution < 1.29 is 58.9 Å². The van der Waals surface area contributed by atoms with Crippen molar-refractivity contribution in [3.05, 3.63) is 190 Å². The summed E-state index contributed by atoms with van der Waals surface area (Å²) in [7, 11) is 24.1. The first-order valence-electron chi connectivity index (χ1n) is 26.2. The molecule has 1 aromatic carbocycles. The summed E-state index contributed by atoms with van der Waals surface area (Å²) in [4.78, 5) is 13.6. The Hall–Kier alpha value is -10.2. The largest absolute Gasteiger partial charge is 0.446 e. The molecule has 0 radical (unpaired) electrons. The van der Waals surface area contributed by atoms with E-state index in [1.807, 2.05) is 241 Å². The smallest absolute Gasteiger partial charge is 0.404 e. The van der Waals surface area contributed by atoms with Gasteiger partial charge in [0, 0.05) is 80.7 Å². The van der Waals surface area contributed by atoms with Gasteiger partial charge in [-0.05, 0) is 54.1 Å². The Balaban J connectivity index is 0.000000122. The van der Waals surface area contributed by atoms with Crippen molar-refractivity contribution >= 4 is 11.0 Å². The molecule has 20 heteroatoms. The van der Waals surface area contributed by atoms with Crippen molar-refractivity contribution in [3.63, 3.8) is 0 Å². The molecule has 12 aromatic heterocycles. The van der Waals surface area contributed by atoms with E-state index in [4.69, 9.17) is 22.7 Å². The molecule has 0 fully saturated rings. The van der Waals surface area contributed by atoms with Crippen LogP contribution in [0.2, 0.25) is 0 Å². The lowest BCUT2D eigenvalue weighted by molar-refractivity contribution is -0.764. The molecule has 0 aliphatic rings. The minimum absolute atomic E-state index is 0.813. The van der Waals surface area contributed by atoms with Crippen molar-refractivity contribution in [1.82, 2.24) is 33.3 Å². The summed E-state index contributed by atoms with van der Waals surface area (Å²) in [5.41, 5.74) is 10.4. The van der Waals surface area contributed by atoms with Gasteiger partial charge >= 0.3 is 46.5 Å². The molecule has 0 saturated heterocycles. The summed E-state index contributed by atoms with van der Waals surface area (Å²) in [6, 6.07) is 34.8. The molecule has 0 unspecified atom stereocenters. The van der Waals surface area contributed by atoms with Crippen molar-refractivity contribution in [2.75, 3.05) is 0 Å². The third-order valence-corrected chi connectivity index (χ3v) is 14.6. The zero-order chi connectivity index (χ0) is 57.1. The second kappa shape index (κ2) is 23.0. The molecule has 12 heterocycles. The third kappa shape index (κ3) is 10.6. The summed E-state index contributed by atoms with van der Waals surface area (Å²) < 4.78 is 48.9. The quantitative estimate of drug-likeness (QED) is 0.202. The number of fused-ring (bicyclic) bond motifs is 1. The van der Waals surface area contributed by atoms with Crippen molar-refractivity contribution in [3.8, 4) is 86.6 Å². The molecular formula is C61H69N16O4+9. The predicted octanol–water partition coefficient (Wildman–Crippen LogP) is 4.66. The van der Waals surface area contributed by atoms with Crippen LogP contribution in [0, 0.1) is 6.92 Å². The maximum absolute atomic E-state index is 5.63. The van der Waals surface area contributed by atoms with Gasteiger partial charge in [-0.15, -0.1) is 0 Å². The van der Waals surface area contributed by atoms with Crippen LogP contribution in [-0.4, -0.2) is 33.3 Å². The summed E-state index contributed by atoms with van der Waals surface area (Å²) in [6.07, 6.45) is 24.0. The SMILES string of the molecule is C[n+]1ccoc1-c1cccc(-n2ccc[n+]2C)[n+]1C.Cc1ncc(-c2cccc(-c3occ[n+]3C)[n+]2C)n1C.Cn1c(-c2cccc(-c3occ[n+]3C)[n+]2C)nc2ccccc21.Cn1ccnc1-c1cccc(-c2occ[n+]2C)[n+]1C. The highest BCUT2D eigenvalue weighted by molar-refractivity contribution is 5.79. The van der Waals surface area contributed by atoms with Gasteiger partial charge in [-0.2, -0.15) is 32.0 Å². The second-order valence-electron chi connectivity index (χ2n) is 19.7. The highest BCUT2D eigenvalue weighted by atomic mass is 16.4. The molecule has 0 atom stereocenters. The maximum atomic E-state index is 5.63. The minimum Gasteiger partial charge on any atom is -0.404 e. The zero-order valence-electron chi connectivity index (χ0n) is 48.1. The fourth-order valence-electron chi connectivity index (χ4n) is 9.82. The molecule has 0 saturated carbocycles. The summed E-state index contributed by atoms with van der Waals surface area (Å²) >= 11 is 0. The topological polar surface area (TPSA) is 146 Å². The lowest BCUT2D eigenvalue weighted by atomic mass is 10.2. The number of hydrogen-bond acceptors (Lipinski definition) is 7. The van der Waals surface area contributed by atoms with E-state index in [1.54, 1.807) is 31.2 Å². The van der Waals surface area contributed by atoms with Gasteiger partial charge in [-0.3, -0.25) is 0 Å². The number of oxazole rings is 4. The Bertz CT molecular complexity index is 4090.